The molecule has 2 aromatic rings. The molecule has 0 N–H and O–H groups in total. The number of nitrogens with zero attached hydrogens (tertiary/aromatic N) is 4. The summed E-state index contributed by atoms with van der Waals surface area (Å²) in [7, 11) is 1.87. The number of rotatable bonds is 2. The van der Waals surface area contributed by atoms with E-state index in [0.29, 0.717) is 28.6 Å². The van der Waals surface area contributed by atoms with Crippen LogP contribution in [0, 0.1) is 13.8 Å². The van der Waals surface area contributed by atoms with Gasteiger partial charge in [0.25, 0.3) is 5.91 Å². The third-order valence-electron chi connectivity index (χ3n) is 4.51. The van der Waals surface area contributed by atoms with E-state index in [0.717, 1.165) is 31.4 Å². The average molecular weight is 337 g/mol. The molecule has 1 aliphatic heterocycles. The predicted molar refractivity (Wildman–Crippen MR) is 86.4 cm³/mol. The van der Waals surface area contributed by atoms with Crippen molar-refractivity contribution in [3.63, 3.8) is 0 Å². The van der Waals surface area contributed by atoms with Gasteiger partial charge in [0.1, 0.15) is 11.3 Å². The molecule has 0 unspecified atom stereocenters. The van der Waals surface area contributed by atoms with Gasteiger partial charge < -0.3 is 9.42 Å². The van der Waals surface area contributed by atoms with Crippen molar-refractivity contribution < 1.29 is 9.32 Å². The molecule has 0 aliphatic carbocycles. The smallest absolute Gasteiger partial charge is 0.259 e. The molecule has 1 atom stereocenters. The Balaban J connectivity index is 2.01. The van der Waals surface area contributed by atoms with Crippen molar-refractivity contribution in [2.75, 3.05) is 6.54 Å². The fourth-order valence-electron chi connectivity index (χ4n) is 3.36. The maximum Gasteiger partial charge on any atom is 0.259 e. The first-order valence-electron chi connectivity index (χ1n) is 7.92. The SMILES string of the molecule is Cc1noc(C)c1C(=O)N1CCCCC[C@H]1c1c(Cl)cnn1C. The van der Waals surface area contributed by atoms with Gasteiger partial charge >= 0.3 is 0 Å². The molecule has 3 rings (SSSR count). The maximum atomic E-state index is 13.1. The Labute approximate surface area is 140 Å². The van der Waals surface area contributed by atoms with Gasteiger partial charge in [-0.3, -0.25) is 9.48 Å². The average Bonchev–Trinajstić information content (AvgIpc) is 2.92. The van der Waals surface area contributed by atoms with Crippen molar-refractivity contribution in [1.29, 1.82) is 0 Å². The Morgan fingerprint density at radius 2 is 2.13 bits per heavy atom. The fourth-order valence-corrected chi connectivity index (χ4v) is 3.65. The molecule has 23 heavy (non-hydrogen) atoms. The van der Waals surface area contributed by atoms with Crippen molar-refractivity contribution in [2.24, 2.45) is 7.05 Å². The summed E-state index contributed by atoms with van der Waals surface area (Å²) < 4.78 is 6.94. The molecule has 124 valence electrons. The highest BCUT2D eigenvalue weighted by atomic mass is 35.5. The van der Waals surface area contributed by atoms with Crippen LogP contribution >= 0.6 is 11.6 Å². The second kappa shape index (κ2) is 6.35. The van der Waals surface area contributed by atoms with E-state index in [9.17, 15) is 4.79 Å². The Morgan fingerprint density at radius 3 is 2.74 bits per heavy atom. The predicted octanol–water partition coefficient (Wildman–Crippen LogP) is 3.44. The van der Waals surface area contributed by atoms with Gasteiger partial charge in [-0.15, -0.1) is 0 Å². The van der Waals surface area contributed by atoms with Crippen molar-refractivity contribution >= 4 is 17.5 Å². The zero-order valence-corrected chi connectivity index (χ0v) is 14.4. The molecule has 1 amide bonds. The van der Waals surface area contributed by atoms with E-state index >= 15 is 0 Å². The van der Waals surface area contributed by atoms with Crippen molar-refractivity contribution in [3.05, 3.63) is 33.9 Å². The normalized spacial score (nSPS) is 19.0. The third kappa shape index (κ3) is 2.87. The zero-order chi connectivity index (χ0) is 16.6. The number of aromatic nitrogens is 3. The molecule has 0 spiro atoms. The summed E-state index contributed by atoms with van der Waals surface area (Å²) in [6, 6.07) is -0.0706. The van der Waals surface area contributed by atoms with Crippen LogP contribution in [0.25, 0.3) is 0 Å². The van der Waals surface area contributed by atoms with Crippen LogP contribution in [-0.4, -0.2) is 32.3 Å². The molecule has 0 bridgehead atoms. The fraction of sp³-hybridized carbons (Fsp3) is 0.562. The topological polar surface area (TPSA) is 64.2 Å². The van der Waals surface area contributed by atoms with E-state index in [-0.39, 0.29) is 11.9 Å². The van der Waals surface area contributed by atoms with Crippen LogP contribution in [0.1, 0.15) is 59.2 Å². The second-order valence-electron chi connectivity index (χ2n) is 6.06. The summed E-state index contributed by atoms with van der Waals surface area (Å²) in [6.45, 7) is 4.28. The number of hydrogen-bond donors (Lipinski definition) is 0. The van der Waals surface area contributed by atoms with Gasteiger partial charge in [0, 0.05) is 13.6 Å². The van der Waals surface area contributed by atoms with Crippen LogP contribution < -0.4 is 0 Å². The second-order valence-corrected chi connectivity index (χ2v) is 6.47. The highest BCUT2D eigenvalue weighted by Crippen LogP contribution is 2.35. The third-order valence-corrected chi connectivity index (χ3v) is 4.81. The van der Waals surface area contributed by atoms with E-state index in [1.165, 1.54) is 0 Å². The minimum Gasteiger partial charge on any atom is -0.361 e. The van der Waals surface area contributed by atoms with Crippen molar-refractivity contribution in [1.82, 2.24) is 19.8 Å². The summed E-state index contributed by atoms with van der Waals surface area (Å²) in [5.74, 6) is 0.525. The molecule has 1 saturated heterocycles. The minimum absolute atomic E-state index is 0.0367. The highest BCUT2D eigenvalue weighted by molar-refractivity contribution is 6.31. The largest absolute Gasteiger partial charge is 0.361 e. The molecule has 3 heterocycles. The van der Waals surface area contributed by atoms with Gasteiger partial charge in [-0.25, -0.2) is 0 Å². The molecule has 7 heteroatoms. The number of aryl methyl sites for hydroxylation is 3. The summed E-state index contributed by atoms with van der Waals surface area (Å²) in [5, 5.41) is 8.75. The molecule has 1 aliphatic rings. The standard InChI is InChI=1S/C16H21ClN4O2/c1-10-14(11(2)23-19-10)16(22)21-8-6-4-5-7-13(21)15-12(17)9-18-20(15)3/h9,13H,4-8H2,1-3H3/t13-/m0/s1. The Bertz CT molecular complexity index is 683. The summed E-state index contributed by atoms with van der Waals surface area (Å²) in [4.78, 5) is 15.0. The first-order chi connectivity index (χ1) is 11.0. The number of likely N-dealkylation sites (tertiary alicyclic amines) is 1. The van der Waals surface area contributed by atoms with Gasteiger partial charge in [0.05, 0.1) is 28.6 Å². The lowest BCUT2D eigenvalue weighted by molar-refractivity contribution is 0.0671. The number of hydrogen-bond acceptors (Lipinski definition) is 4. The highest BCUT2D eigenvalue weighted by Gasteiger charge is 2.33. The molecule has 0 aromatic carbocycles. The quantitative estimate of drug-likeness (QED) is 0.842. The lowest BCUT2D eigenvalue weighted by Gasteiger charge is -2.30. The lowest BCUT2D eigenvalue weighted by Crippen LogP contribution is -2.36. The van der Waals surface area contributed by atoms with E-state index in [4.69, 9.17) is 16.1 Å². The molecule has 1 fully saturated rings. The Kier molecular flexibility index (Phi) is 4.43. The first-order valence-corrected chi connectivity index (χ1v) is 8.29. The maximum absolute atomic E-state index is 13.1. The number of carbonyl (C=O) groups is 1. The molecular formula is C16H21ClN4O2. The van der Waals surface area contributed by atoms with Crippen LogP contribution in [-0.2, 0) is 7.05 Å². The number of amides is 1. The van der Waals surface area contributed by atoms with Crippen LogP contribution in [0.3, 0.4) is 0 Å². The molecule has 0 radical (unpaired) electrons. The van der Waals surface area contributed by atoms with E-state index < -0.39 is 0 Å². The van der Waals surface area contributed by atoms with Gasteiger partial charge in [0.2, 0.25) is 0 Å². The molecule has 2 aromatic heterocycles. The van der Waals surface area contributed by atoms with Gasteiger partial charge in [-0.1, -0.05) is 29.6 Å². The number of carbonyl (C=O) groups excluding carboxylic acids is 1. The number of halogens is 1. The minimum atomic E-state index is -0.0706. The van der Waals surface area contributed by atoms with E-state index in [1.807, 2.05) is 11.9 Å². The monoisotopic (exact) mass is 336 g/mol. The lowest BCUT2D eigenvalue weighted by atomic mass is 10.0. The summed E-state index contributed by atoms with van der Waals surface area (Å²) in [5.41, 5.74) is 2.09. The first kappa shape index (κ1) is 16.1. The van der Waals surface area contributed by atoms with Crippen molar-refractivity contribution in [2.45, 2.75) is 45.6 Å². The van der Waals surface area contributed by atoms with Crippen LogP contribution in [0.5, 0.6) is 0 Å². The molecular weight excluding hydrogens is 316 g/mol. The molecule has 0 saturated carbocycles. The molecule has 6 nitrogen and oxygen atoms in total. The van der Waals surface area contributed by atoms with Gasteiger partial charge in [-0.2, -0.15) is 5.10 Å². The van der Waals surface area contributed by atoms with Crippen LogP contribution in [0.15, 0.2) is 10.7 Å². The Morgan fingerprint density at radius 1 is 1.35 bits per heavy atom. The van der Waals surface area contributed by atoms with Crippen molar-refractivity contribution in [3.8, 4) is 0 Å². The van der Waals surface area contributed by atoms with Crippen LogP contribution in [0.4, 0.5) is 0 Å². The summed E-state index contributed by atoms with van der Waals surface area (Å²) in [6.07, 6.45) is 5.69. The Hall–Kier alpha value is -1.82. The van der Waals surface area contributed by atoms with E-state index in [1.54, 1.807) is 24.7 Å². The van der Waals surface area contributed by atoms with Gasteiger partial charge in [-0.05, 0) is 26.7 Å². The zero-order valence-electron chi connectivity index (χ0n) is 13.7. The van der Waals surface area contributed by atoms with Crippen LogP contribution in [0.2, 0.25) is 5.02 Å². The summed E-state index contributed by atoms with van der Waals surface area (Å²) >= 11 is 6.34. The van der Waals surface area contributed by atoms with Gasteiger partial charge in [0.15, 0.2) is 0 Å². The van der Waals surface area contributed by atoms with E-state index in [2.05, 4.69) is 10.3 Å².